The first-order valence-electron chi connectivity index (χ1n) is 12.6. The number of imidazole rings is 2. The van der Waals surface area contributed by atoms with Crippen LogP contribution in [-0.4, -0.2) is 89.0 Å². The van der Waals surface area contributed by atoms with Crippen molar-refractivity contribution in [3.8, 4) is 0 Å². The average Bonchev–Trinajstić information content (AvgIpc) is 3.73. The van der Waals surface area contributed by atoms with Crippen LogP contribution in [0.1, 0.15) is 12.5 Å². The van der Waals surface area contributed by atoms with E-state index >= 15 is 8.78 Å². The van der Waals surface area contributed by atoms with Crippen LogP contribution >= 0.6 is 27.3 Å². The van der Waals surface area contributed by atoms with Crippen LogP contribution in [0.3, 0.4) is 0 Å². The standard InChI is InChI=1S/C20H22F2N10O8P2S/c21-9-7-2-36-42(34,43)40-13-8(38-19(10(13)22)31-5-29-11-15(23)25-3-27-17(11)31)1-35-41(33)39-14(9)20(37-7)32-6-30-12-16(24)26-4-28-18(12)32/h3-10,13-14,19-20,41H,1-2H2,(H,34,43)(H2,23,25,27)(H2,24,26,28)/t7-,8-,9-,10-,13-,14-,19-,20-,42?/m1/s1. The van der Waals surface area contributed by atoms with Crippen molar-refractivity contribution in [2.24, 2.45) is 0 Å². The van der Waals surface area contributed by atoms with Crippen LogP contribution in [0.5, 0.6) is 0 Å². The van der Waals surface area contributed by atoms with Crippen molar-refractivity contribution in [3.63, 3.8) is 0 Å². The summed E-state index contributed by atoms with van der Waals surface area (Å²) in [6, 6.07) is 0. The largest absolute Gasteiger partial charge is 0.386 e. The second-order valence-corrected chi connectivity index (χ2v) is 13.6. The van der Waals surface area contributed by atoms with E-state index in [1.54, 1.807) is 0 Å². The Morgan fingerprint density at radius 3 is 2.12 bits per heavy atom. The fourth-order valence-electron chi connectivity index (χ4n) is 5.12. The minimum Gasteiger partial charge on any atom is -0.382 e. The third-order valence-corrected chi connectivity index (χ3v) is 9.59. The number of fused-ring (bicyclic) bond motifs is 5. The number of thiol groups is 1. The van der Waals surface area contributed by atoms with Crippen molar-refractivity contribution in [2.75, 3.05) is 24.7 Å². The summed E-state index contributed by atoms with van der Waals surface area (Å²) in [6.07, 6.45) is -7.65. The van der Waals surface area contributed by atoms with Crippen molar-refractivity contribution in [1.82, 2.24) is 39.0 Å². The predicted molar refractivity (Wildman–Crippen MR) is 144 cm³/mol. The van der Waals surface area contributed by atoms with E-state index in [0.29, 0.717) is 0 Å². The molecule has 4 N–H and O–H groups in total. The summed E-state index contributed by atoms with van der Waals surface area (Å²) in [7, 11) is -3.48. The number of rotatable bonds is 2. The number of anilines is 2. The number of hydrogen-bond donors (Lipinski definition) is 3. The number of nitrogens with two attached hydrogens (primary N) is 2. The molecule has 0 saturated carbocycles. The fraction of sp³-hybridized carbons (Fsp3) is 0.500. The molecule has 7 rings (SSSR count). The fourth-order valence-corrected chi connectivity index (χ4v) is 7.44. The minimum absolute atomic E-state index is 0.0595. The summed E-state index contributed by atoms with van der Waals surface area (Å²) >= 11 is 3.97. The topological polar surface area (TPSA) is 229 Å². The first kappa shape index (κ1) is 28.9. The van der Waals surface area contributed by atoms with Crippen molar-refractivity contribution in [2.45, 2.75) is 49.2 Å². The molecule has 18 nitrogen and oxygen atoms in total. The van der Waals surface area contributed by atoms with E-state index in [4.69, 9.17) is 39.0 Å². The van der Waals surface area contributed by atoms with E-state index in [0.717, 1.165) is 0 Å². The summed E-state index contributed by atoms with van der Waals surface area (Å²) < 4.78 is 93.7. The lowest BCUT2D eigenvalue weighted by molar-refractivity contribution is -0.0557. The number of nitrogens with zero attached hydrogens (tertiary/aromatic N) is 8. The summed E-state index contributed by atoms with van der Waals surface area (Å²) in [4.78, 5) is 24.2. The van der Waals surface area contributed by atoms with Gasteiger partial charge in [0.15, 0.2) is 47.7 Å². The lowest BCUT2D eigenvalue weighted by Crippen LogP contribution is -2.33. The molecule has 0 amide bonds. The summed E-state index contributed by atoms with van der Waals surface area (Å²) in [5.41, 5.74) is 12.4. The molecular weight excluding hydrogens is 640 g/mol. The molecule has 3 aliphatic heterocycles. The molecule has 7 heterocycles. The Labute approximate surface area is 245 Å². The number of alkyl halides is 2. The minimum atomic E-state index is -4.38. The van der Waals surface area contributed by atoms with Gasteiger partial charge in [0, 0.05) is 0 Å². The molecule has 3 saturated heterocycles. The van der Waals surface area contributed by atoms with Crippen molar-refractivity contribution in [3.05, 3.63) is 25.3 Å². The Hall–Kier alpha value is -2.87. The van der Waals surface area contributed by atoms with Gasteiger partial charge in [0.05, 0.1) is 25.9 Å². The maximum Gasteiger partial charge on any atom is 0.386 e. The maximum atomic E-state index is 15.9. The number of halogens is 2. The average molecular weight is 662 g/mol. The highest BCUT2D eigenvalue weighted by Gasteiger charge is 2.53. The zero-order chi connectivity index (χ0) is 30.0. The number of hydrogen-bond acceptors (Lipinski definition) is 16. The molecule has 23 heteroatoms. The van der Waals surface area contributed by atoms with E-state index in [1.807, 2.05) is 0 Å². The summed E-state index contributed by atoms with van der Waals surface area (Å²) in [5.74, 6) is 0.127. The van der Waals surface area contributed by atoms with Crippen LogP contribution < -0.4 is 11.5 Å². The van der Waals surface area contributed by atoms with Gasteiger partial charge in [0.2, 0.25) is 0 Å². The molecule has 2 bridgehead atoms. The Morgan fingerprint density at radius 2 is 1.47 bits per heavy atom. The molecular formula is C20H22F2N10O8P2S. The van der Waals surface area contributed by atoms with Gasteiger partial charge in [-0.25, -0.2) is 43.2 Å². The number of nitrogen functional groups attached to an aromatic ring is 2. The van der Waals surface area contributed by atoms with Gasteiger partial charge in [-0.2, -0.15) is 0 Å². The van der Waals surface area contributed by atoms with Gasteiger partial charge in [-0.3, -0.25) is 27.3 Å². The highest BCUT2D eigenvalue weighted by molar-refractivity contribution is 8.44. The highest BCUT2D eigenvalue weighted by atomic mass is 32.7. The second-order valence-electron chi connectivity index (χ2n) is 9.66. The molecule has 0 aromatic carbocycles. The first-order chi connectivity index (χ1) is 20.6. The maximum absolute atomic E-state index is 15.9. The van der Waals surface area contributed by atoms with Crippen LogP contribution in [0, 0.1) is 0 Å². The molecule has 4 aromatic heterocycles. The van der Waals surface area contributed by atoms with Gasteiger partial charge in [-0.15, -0.1) is 0 Å². The SMILES string of the molecule is Nc1ncnc2c1ncn2[C@@H]1O[C@@H]2CO[PH](=O)O[C@@H]3[C@H](F)[C@@H](COP(=O)(S)O[C@H]2[C@H]1F)O[C@H]3n1cnc2c(N)ncnc21. The van der Waals surface area contributed by atoms with Crippen LogP contribution in [0.25, 0.3) is 22.3 Å². The van der Waals surface area contributed by atoms with E-state index in [1.165, 1.54) is 34.4 Å². The first-order valence-corrected chi connectivity index (χ1v) is 16.5. The second kappa shape index (κ2) is 10.9. The summed E-state index contributed by atoms with van der Waals surface area (Å²) in [5, 5.41) is 0. The highest BCUT2D eigenvalue weighted by Crippen LogP contribution is 2.57. The molecule has 3 aliphatic rings. The van der Waals surface area contributed by atoms with Gasteiger partial charge in [0.1, 0.15) is 48.1 Å². The van der Waals surface area contributed by atoms with Gasteiger partial charge < -0.3 is 25.5 Å². The van der Waals surface area contributed by atoms with Crippen molar-refractivity contribution < 1.29 is 45.5 Å². The van der Waals surface area contributed by atoms with Crippen molar-refractivity contribution in [1.29, 1.82) is 0 Å². The number of aromatic nitrogens is 8. The molecule has 230 valence electrons. The van der Waals surface area contributed by atoms with E-state index in [2.05, 4.69) is 42.2 Å². The number of ether oxygens (including phenoxy) is 2. The van der Waals surface area contributed by atoms with E-state index in [9.17, 15) is 9.13 Å². The summed E-state index contributed by atoms with van der Waals surface area (Å²) in [6.45, 7) is -5.62. The van der Waals surface area contributed by atoms with Gasteiger partial charge in [-0.05, 0) is 0 Å². The Balaban J connectivity index is 1.18. The zero-order valence-electron chi connectivity index (χ0n) is 21.5. The van der Waals surface area contributed by atoms with Gasteiger partial charge in [0.25, 0.3) is 0 Å². The third-order valence-electron chi connectivity index (χ3n) is 7.11. The molecule has 4 aromatic rings. The Bertz CT molecular complexity index is 1770. The van der Waals surface area contributed by atoms with Crippen molar-refractivity contribution >= 4 is 61.3 Å². The zero-order valence-corrected chi connectivity index (χ0v) is 24.3. The lowest BCUT2D eigenvalue weighted by atomic mass is 10.1. The van der Waals surface area contributed by atoms with E-state index in [-0.39, 0.29) is 34.0 Å². The van der Waals surface area contributed by atoms with Crippen LogP contribution in [0.2, 0.25) is 0 Å². The molecule has 10 atom stereocenters. The smallest absolute Gasteiger partial charge is 0.382 e. The predicted octanol–water partition coefficient (Wildman–Crippen LogP) is 1.55. The normalized spacial score (nSPS) is 37.1. The molecule has 0 aliphatic carbocycles. The Morgan fingerprint density at radius 1 is 0.860 bits per heavy atom. The molecule has 3 fully saturated rings. The van der Waals surface area contributed by atoms with Gasteiger partial charge >= 0.3 is 15.1 Å². The molecule has 43 heavy (non-hydrogen) atoms. The molecule has 2 unspecified atom stereocenters. The molecule has 0 radical (unpaired) electrons. The molecule has 0 spiro atoms. The van der Waals surface area contributed by atoms with Crippen LogP contribution in [-0.2, 0) is 36.7 Å². The third kappa shape index (κ3) is 5.07. The lowest BCUT2D eigenvalue weighted by Gasteiger charge is -2.24. The quantitative estimate of drug-likeness (QED) is 0.204. The van der Waals surface area contributed by atoms with Gasteiger partial charge in [-0.1, -0.05) is 12.2 Å². The monoisotopic (exact) mass is 662 g/mol. The van der Waals surface area contributed by atoms with Crippen LogP contribution in [0.15, 0.2) is 25.3 Å². The van der Waals surface area contributed by atoms with Crippen LogP contribution in [0.4, 0.5) is 20.4 Å². The Kier molecular flexibility index (Phi) is 7.34. The van der Waals surface area contributed by atoms with E-state index < -0.39 is 77.5 Å².